The predicted octanol–water partition coefficient (Wildman–Crippen LogP) is 2.88. The quantitative estimate of drug-likeness (QED) is 0.689. The van der Waals surface area contributed by atoms with E-state index < -0.39 is 10.8 Å². The van der Waals surface area contributed by atoms with Gasteiger partial charge in [-0.05, 0) is 28.1 Å². The molecule has 0 aromatic heterocycles. The number of alkyl halides is 1. The molecule has 2 rings (SSSR count). The normalized spacial score (nSPS) is 19.9. The Hall–Kier alpha value is -0.420. The molecule has 0 spiro atoms. The first-order valence-corrected chi connectivity index (χ1v) is 5.14. The van der Waals surface area contributed by atoms with E-state index in [0.717, 1.165) is 0 Å². The second-order valence-electron chi connectivity index (χ2n) is 2.56. The number of ketones is 1. The number of carbonyl (C=O) groups excluding carboxylic acids is 1. The summed E-state index contributed by atoms with van der Waals surface area (Å²) in [6.45, 7) is 0. The number of halogens is 3. The van der Waals surface area contributed by atoms with Crippen molar-refractivity contribution in [3.05, 3.63) is 28.0 Å². The maximum Gasteiger partial charge on any atom is 0.218 e. The molecule has 68 valence electrons. The number of carbonyl (C=O) groups is 1. The Bertz CT molecular complexity index is 392. The maximum atomic E-state index is 13.2. The van der Waals surface area contributed by atoms with Crippen molar-refractivity contribution in [1.82, 2.24) is 0 Å². The molecule has 1 aliphatic rings. The summed E-state index contributed by atoms with van der Waals surface area (Å²) in [7, 11) is 0. The van der Waals surface area contributed by atoms with Gasteiger partial charge >= 0.3 is 0 Å². The molecule has 0 radical (unpaired) electrons. The Kier molecular flexibility index (Phi) is 2.15. The number of benzene rings is 1. The smallest absolute Gasteiger partial charge is 0.218 e. The van der Waals surface area contributed by atoms with Crippen LogP contribution in [0.15, 0.2) is 16.6 Å². The second kappa shape index (κ2) is 3.06. The van der Waals surface area contributed by atoms with Crippen molar-refractivity contribution in [2.45, 2.75) is 5.01 Å². The van der Waals surface area contributed by atoms with Crippen LogP contribution in [-0.4, -0.2) is 10.8 Å². The second-order valence-corrected chi connectivity index (χ2v) is 4.31. The van der Waals surface area contributed by atoms with Crippen molar-refractivity contribution >= 4 is 37.6 Å². The molecular weight excluding hydrogens is 307 g/mol. The summed E-state index contributed by atoms with van der Waals surface area (Å²) in [5, 5.41) is -0.758. The first-order valence-electron chi connectivity index (χ1n) is 3.43. The summed E-state index contributed by atoms with van der Waals surface area (Å²) >= 11 is 6.09. The molecule has 0 saturated heterocycles. The van der Waals surface area contributed by atoms with Crippen LogP contribution in [0.5, 0.6) is 5.75 Å². The fourth-order valence-electron chi connectivity index (χ4n) is 1.14. The molecule has 0 amide bonds. The van der Waals surface area contributed by atoms with Crippen LogP contribution in [0, 0.1) is 5.82 Å². The van der Waals surface area contributed by atoms with Crippen molar-refractivity contribution in [2.75, 3.05) is 0 Å². The Morgan fingerprint density at radius 1 is 1.46 bits per heavy atom. The summed E-state index contributed by atoms with van der Waals surface area (Å²) in [6.07, 6.45) is 0. The highest BCUT2D eigenvalue weighted by molar-refractivity contribution is 9.10. The van der Waals surface area contributed by atoms with E-state index in [9.17, 15) is 9.18 Å². The highest BCUT2D eigenvalue weighted by atomic mass is 79.9. The average molecular weight is 310 g/mol. The molecular formula is C8H3Br2FO2. The van der Waals surface area contributed by atoms with Crippen LogP contribution in [0.3, 0.4) is 0 Å². The number of hydrogen-bond donors (Lipinski definition) is 0. The third-order valence-electron chi connectivity index (χ3n) is 1.70. The van der Waals surface area contributed by atoms with E-state index in [0.29, 0.717) is 4.47 Å². The van der Waals surface area contributed by atoms with Crippen LogP contribution in [0.4, 0.5) is 4.39 Å². The van der Waals surface area contributed by atoms with E-state index in [2.05, 4.69) is 31.9 Å². The summed E-state index contributed by atoms with van der Waals surface area (Å²) in [5.74, 6) is -0.759. The molecule has 13 heavy (non-hydrogen) atoms. The first-order chi connectivity index (χ1) is 6.09. The van der Waals surface area contributed by atoms with Gasteiger partial charge in [0.15, 0.2) is 11.6 Å². The van der Waals surface area contributed by atoms with Gasteiger partial charge in [0.1, 0.15) is 0 Å². The molecule has 1 aromatic carbocycles. The van der Waals surface area contributed by atoms with E-state index in [4.69, 9.17) is 4.74 Å². The molecule has 0 N–H and O–H groups in total. The monoisotopic (exact) mass is 308 g/mol. The number of fused-ring (bicyclic) bond motifs is 1. The van der Waals surface area contributed by atoms with Crippen molar-refractivity contribution in [3.8, 4) is 5.75 Å². The molecule has 0 bridgehead atoms. The topological polar surface area (TPSA) is 26.3 Å². The van der Waals surface area contributed by atoms with E-state index in [1.54, 1.807) is 6.07 Å². The minimum atomic E-state index is -0.758. The highest BCUT2D eigenvalue weighted by Crippen LogP contribution is 2.35. The van der Waals surface area contributed by atoms with Crippen LogP contribution in [0.25, 0.3) is 0 Å². The molecule has 1 atom stereocenters. The Morgan fingerprint density at radius 3 is 2.85 bits per heavy atom. The lowest BCUT2D eigenvalue weighted by Crippen LogP contribution is -2.10. The van der Waals surface area contributed by atoms with E-state index >= 15 is 0 Å². The van der Waals surface area contributed by atoms with Gasteiger partial charge in [0.2, 0.25) is 10.8 Å². The van der Waals surface area contributed by atoms with Gasteiger partial charge in [-0.1, -0.05) is 15.9 Å². The standard InChI is InChI=1S/C8H3Br2FO2/c9-3-1-4-6(12)8(10)13-7(4)5(11)2-3/h1-2,8H/t8-/m0/s1. The van der Waals surface area contributed by atoms with Crippen molar-refractivity contribution < 1.29 is 13.9 Å². The molecule has 0 fully saturated rings. The van der Waals surface area contributed by atoms with Gasteiger partial charge in [-0.2, -0.15) is 0 Å². The lowest BCUT2D eigenvalue weighted by atomic mass is 10.1. The summed E-state index contributed by atoms with van der Waals surface area (Å²) in [6, 6.07) is 2.80. The molecule has 0 unspecified atom stereocenters. The SMILES string of the molecule is O=C1c2cc(Br)cc(F)c2O[C@@H]1Br. The Labute approximate surface area is 90.3 Å². The summed E-state index contributed by atoms with van der Waals surface area (Å²) < 4.78 is 18.7. The zero-order valence-corrected chi connectivity index (χ0v) is 9.35. The molecule has 0 saturated carbocycles. The summed E-state index contributed by atoms with van der Waals surface area (Å²) in [4.78, 5) is 11.3. The van der Waals surface area contributed by atoms with Gasteiger partial charge < -0.3 is 4.74 Å². The highest BCUT2D eigenvalue weighted by Gasteiger charge is 2.32. The van der Waals surface area contributed by atoms with Gasteiger partial charge in [0.05, 0.1) is 5.56 Å². The minimum absolute atomic E-state index is 0.0232. The molecule has 1 aromatic rings. The average Bonchev–Trinajstić information content (AvgIpc) is 2.32. The van der Waals surface area contributed by atoms with E-state index in [1.807, 2.05) is 0 Å². The third kappa shape index (κ3) is 1.40. The number of ether oxygens (including phenoxy) is 1. The van der Waals surface area contributed by atoms with Crippen LogP contribution in [0.2, 0.25) is 0 Å². The molecule has 0 aliphatic carbocycles. The van der Waals surface area contributed by atoms with Gasteiger partial charge in [-0.25, -0.2) is 4.39 Å². The fourth-order valence-corrected chi connectivity index (χ4v) is 2.01. The zero-order chi connectivity index (χ0) is 9.59. The van der Waals surface area contributed by atoms with Crippen LogP contribution < -0.4 is 4.74 Å². The van der Waals surface area contributed by atoms with Crippen molar-refractivity contribution in [2.24, 2.45) is 0 Å². The summed E-state index contributed by atoms with van der Waals surface area (Å²) in [5.41, 5.74) is 0.272. The van der Waals surface area contributed by atoms with E-state index in [1.165, 1.54) is 6.07 Å². The van der Waals surface area contributed by atoms with Gasteiger partial charge in [-0.3, -0.25) is 4.79 Å². The first kappa shape index (κ1) is 9.15. The van der Waals surface area contributed by atoms with Crippen molar-refractivity contribution in [3.63, 3.8) is 0 Å². The van der Waals surface area contributed by atoms with Crippen LogP contribution in [-0.2, 0) is 0 Å². The predicted molar refractivity (Wildman–Crippen MR) is 51.8 cm³/mol. The fraction of sp³-hybridized carbons (Fsp3) is 0.125. The maximum absolute atomic E-state index is 13.2. The van der Waals surface area contributed by atoms with E-state index in [-0.39, 0.29) is 17.1 Å². The van der Waals surface area contributed by atoms with Gasteiger partial charge in [0.25, 0.3) is 0 Å². The minimum Gasteiger partial charge on any atom is -0.467 e. The number of hydrogen-bond acceptors (Lipinski definition) is 2. The molecule has 5 heteroatoms. The lowest BCUT2D eigenvalue weighted by Gasteiger charge is -2.00. The van der Waals surface area contributed by atoms with Crippen LogP contribution in [0.1, 0.15) is 10.4 Å². The third-order valence-corrected chi connectivity index (χ3v) is 2.76. The number of Topliss-reactive ketones (excluding diaryl/α,β-unsaturated/α-hetero) is 1. The van der Waals surface area contributed by atoms with Crippen molar-refractivity contribution in [1.29, 1.82) is 0 Å². The lowest BCUT2D eigenvalue weighted by molar-refractivity contribution is 0.0941. The largest absolute Gasteiger partial charge is 0.467 e. The molecule has 1 heterocycles. The zero-order valence-electron chi connectivity index (χ0n) is 6.18. The molecule has 2 nitrogen and oxygen atoms in total. The van der Waals surface area contributed by atoms with Gasteiger partial charge in [-0.15, -0.1) is 0 Å². The molecule has 1 aliphatic heterocycles. The number of rotatable bonds is 0. The Balaban J connectivity index is 2.64. The Morgan fingerprint density at radius 2 is 2.15 bits per heavy atom. The van der Waals surface area contributed by atoms with Gasteiger partial charge in [0, 0.05) is 4.47 Å². The van der Waals surface area contributed by atoms with Crippen LogP contribution >= 0.6 is 31.9 Å².